The Kier molecular flexibility index (Phi) is 7.33. The normalized spacial score (nSPS) is 24.1. The van der Waals surface area contributed by atoms with Crippen molar-refractivity contribution in [1.29, 1.82) is 0 Å². The number of rotatable bonds is 8. The number of benzene rings is 1. The number of nitrogens with zero attached hydrogens (tertiary/aromatic N) is 3. The number of thiophene rings is 1. The average molecular weight is 562 g/mol. The molecule has 0 radical (unpaired) electrons. The molecule has 1 aromatic carbocycles. The number of piperazine rings is 1. The fourth-order valence-electron chi connectivity index (χ4n) is 4.89. The summed E-state index contributed by atoms with van der Waals surface area (Å²) >= 11 is 1.17. The highest BCUT2D eigenvalue weighted by molar-refractivity contribution is 7.91. The van der Waals surface area contributed by atoms with Crippen molar-refractivity contribution in [2.75, 3.05) is 57.5 Å². The summed E-state index contributed by atoms with van der Waals surface area (Å²) in [7, 11) is -3.66. The lowest BCUT2D eigenvalue weighted by atomic mass is 9.95. The van der Waals surface area contributed by atoms with Gasteiger partial charge in [0, 0.05) is 31.9 Å². The molecular formula is C24H30F3N3O5S2. The van der Waals surface area contributed by atoms with Gasteiger partial charge in [-0.2, -0.15) is 17.5 Å². The van der Waals surface area contributed by atoms with E-state index in [0.717, 1.165) is 6.92 Å². The maximum atomic E-state index is 13.3. The second-order valence-corrected chi connectivity index (χ2v) is 13.0. The van der Waals surface area contributed by atoms with Gasteiger partial charge < -0.3 is 19.5 Å². The zero-order chi connectivity index (χ0) is 26.4. The number of hydrogen-bond donors (Lipinski definition) is 1. The first-order chi connectivity index (χ1) is 17.5. The molecule has 0 saturated carbocycles. The molecule has 0 aliphatic carbocycles. The Morgan fingerprint density at radius 2 is 1.68 bits per heavy atom. The van der Waals surface area contributed by atoms with Gasteiger partial charge in [0.2, 0.25) is 0 Å². The summed E-state index contributed by atoms with van der Waals surface area (Å²) in [6.07, 6.45) is -4.81. The van der Waals surface area contributed by atoms with Crippen molar-refractivity contribution in [3.63, 3.8) is 0 Å². The first-order valence-electron chi connectivity index (χ1n) is 12.1. The van der Waals surface area contributed by atoms with Crippen LogP contribution in [0.3, 0.4) is 0 Å². The molecule has 3 saturated heterocycles. The highest BCUT2D eigenvalue weighted by atomic mass is 32.2. The van der Waals surface area contributed by atoms with Crippen molar-refractivity contribution in [1.82, 2.24) is 9.21 Å². The van der Waals surface area contributed by atoms with Crippen LogP contribution in [-0.2, 0) is 25.1 Å². The van der Waals surface area contributed by atoms with Crippen molar-refractivity contribution >= 4 is 27.0 Å². The van der Waals surface area contributed by atoms with Crippen LogP contribution >= 0.6 is 11.3 Å². The number of anilines is 1. The van der Waals surface area contributed by atoms with Gasteiger partial charge in [-0.05, 0) is 36.1 Å². The van der Waals surface area contributed by atoms with Crippen molar-refractivity contribution in [3.05, 3.63) is 47.3 Å². The molecule has 0 unspecified atom stereocenters. The summed E-state index contributed by atoms with van der Waals surface area (Å²) in [6, 6.07) is 9.17. The molecule has 0 bridgehead atoms. The molecule has 1 aromatic heterocycles. The van der Waals surface area contributed by atoms with Crippen LogP contribution < -0.4 is 4.90 Å². The van der Waals surface area contributed by atoms with Gasteiger partial charge in [-0.3, -0.25) is 4.90 Å². The van der Waals surface area contributed by atoms with Crippen LogP contribution in [0.2, 0.25) is 0 Å². The minimum atomic E-state index is -4.81. The molecule has 0 spiro atoms. The van der Waals surface area contributed by atoms with E-state index in [1.807, 2.05) is 0 Å². The molecule has 2 aromatic rings. The van der Waals surface area contributed by atoms with Gasteiger partial charge in [-0.15, -0.1) is 11.3 Å². The summed E-state index contributed by atoms with van der Waals surface area (Å²) in [6.45, 7) is 4.55. The molecule has 2 atom stereocenters. The zero-order valence-corrected chi connectivity index (χ0v) is 21.9. The van der Waals surface area contributed by atoms with Crippen LogP contribution in [0.25, 0.3) is 0 Å². The number of aliphatic hydroxyl groups is 1. The molecule has 3 aliphatic rings. The first-order valence-corrected chi connectivity index (χ1v) is 14.4. The van der Waals surface area contributed by atoms with E-state index < -0.39 is 21.8 Å². The van der Waals surface area contributed by atoms with Crippen LogP contribution in [-0.4, -0.2) is 99.6 Å². The lowest BCUT2D eigenvalue weighted by Gasteiger charge is -2.50. The topological polar surface area (TPSA) is 82.6 Å². The Morgan fingerprint density at radius 3 is 2.16 bits per heavy atom. The highest BCUT2D eigenvalue weighted by Gasteiger charge is 2.51. The van der Waals surface area contributed by atoms with E-state index in [4.69, 9.17) is 9.47 Å². The van der Waals surface area contributed by atoms with Crippen LogP contribution in [0.1, 0.15) is 12.5 Å². The van der Waals surface area contributed by atoms with E-state index in [9.17, 15) is 26.7 Å². The Balaban J connectivity index is 1.42. The monoisotopic (exact) mass is 561 g/mol. The van der Waals surface area contributed by atoms with Gasteiger partial charge in [0.15, 0.2) is 5.60 Å². The Bertz CT molecular complexity index is 1150. The third-order valence-corrected chi connectivity index (χ3v) is 10.7. The molecule has 4 heterocycles. The molecule has 3 aliphatic heterocycles. The molecule has 37 heavy (non-hydrogen) atoms. The Labute approximate surface area is 218 Å². The number of alkyl halides is 3. The lowest BCUT2D eigenvalue weighted by molar-refractivity contribution is -0.258. The maximum Gasteiger partial charge on any atom is 0.421 e. The van der Waals surface area contributed by atoms with Gasteiger partial charge in [0.25, 0.3) is 10.0 Å². The molecule has 13 heteroatoms. The van der Waals surface area contributed by atoms with Gasteiger partial charge in [0.1, 0.15) is 4.21 Å². The third-order valence-electron chi connectivity index (χ3n) is 7.45. The van der Waals surface area contributed by atoms with Crippen LogP contribution in [0.4, 0.5) is 18.9 Å². The van der Waals surface area contributed by atoms with E-state index in [1.54, 1.807) is 29.6 Å². The van der Waals surface area contributed by atoms with E-state index in [-0.39, 0.29) is 41.0 Å². The molecule has 204 valence electrons. The van der Waals surface area contributed by atoms with Crippen LogP contribution in [0, 0.1) is 0 Å². The van der Waals surface area contributed by atoms with Crippen molar-refractivity contribution in [2.24, 2.45) is 0 Å². The number of hydrogen-bond acceptors (Lipinski definition) is 8. The fraction of sp³-hybridized carbons (Fsp3) is 0.583. The number of halogens is 3. The van der Waals surface area contributed by atoms with Gasteiger partial charge >= 0.3 is 6.18 Å². The van der Waals surface area contributed by atoms with Crippen LogP contribution in [0.5, 0.6) is 0 Å². The quantitative estimate of drug-likeness (QED) is 0.531. The zero-order valence-electron chi connectivity index (χ0n) is 20.3. The summed E-state index contributed by atoms with van der Waals surface area (Å²) in [4.78, 5) is 4.37. The minimum absolute atomic E-state index is 0.212. The van der Waals surface area contributed by atoms with E-state index in [0.29, 0.717) is 45.2 Å². The molecule has 5 rings (SSSR count). The Hall–Kier alpha value is -1.74. The van der Waals surface area contributed by atoms with Crippen molar-refractivity contribution in [2.45, 2.75) is 41.0 Å². The second-order valence-electron chi connectivity index (χ2n) is 9.84. The van der Waals surface area contributed by atoms with Gasteiger partial charge in [0.05, 0.1) is 44.6 Å². The predicted molar refractivity (Wildman–Crippen MR) is 132 cm³/mol. The largest absolute Gasteiger partial charge is 0.421 e. The first kappa shape index (κ1) is 26.9. The fourth-order valence-corrected chi connectivity index (χ4v) is 7.50. The summed E-state index contributed by atoms with van der Waals surface area (Å²) in [5, 5.41) is 11.8. The standard InChI is InChI=1S/C24H30F3N3O5S2/c1-23(31,24(25,26)27)17-4-6-18(7-5-17)29-9-8-28(37(32,33)22-3-2-10-36-22)11-19(29)12-30(20-13-34-14-20)21-15-35-16-21/h2-7,10,19-21,31H,8-9,11-16H2,1H3/t19-,23-/m1/s1. The van der Waals surface area contributed by atoms with E-state index in [1.165, 1.54) is 27.8 Å². The second kappa shape index (κ2) is 10.1. The summed E-state index contributed by atoms with van der Waals surface area (Å²) < 4.78 is 79.2. The predicted octanol–water partition coefficient (Wildman–Crippen LogP) is 2.50. The number of sulfonamides is 1. The van der Waals surface area contributed by atoms with E-state index >= 15 is 0 Å². The number of ether oxygens (including phenoxy) is 2. The summed E-state index contributed by atoms with van der Waals surface area (Å²) in [5.74, 6) is 0. The SMILES string of the molecule is C[C@@](O)(c1ccc(N2CCN(S(=O)(=O)c3cccs3)C[C@@H]2CN(C2COC2)C2COC2)cc1)C(F)(F)F. The highest BCUT2D eigenvalue weighted by Crippen LogP contribution is 2.39. The smallest absolute Gasteiger partial charge is 0.378 e. The molecule has 0 amide bonds. The van der Waals surface area contributed by atoms with Gasteiger partial charge in [-0.25, -0.2) is 8.42 Å². The molecule has 1 N–H and O–H groups in total. The Morgan fingerprint density at radius 1 is 1.05 bits per heavy atom. The molecular weight excluding hydrogens is 531 g/mol. The minimum Gasteiger partial charge on any atom is -0.378 e. The lowest BCUT2D eigenvalue weighted by Crippen LogP contribution is -2.65. The maximum absolute atomic E-state index is 13.3. The average Bonchev–Trinajstić information content (AvgIpc) is 3.32. The molecule has 3 fully saturated rings. The van der Waals surface area contributed by atoms with E-state index in [2.05, 4.69) is 9.80 Å². The third kappa shape index (κ3) is 5.14. The van der Waals surface area contributed by atoms with Crippen molar-refractivity contribution in [3.8, 4) is 0 Å². The van der Waals surface area contributed by atoms with Crippen molar-refractivity contribution < 1.29 is 36.2 Å². The summed E-state index contributed by atoms with van der Waals surface area (Å²) in [5.41, 5.74) is -2.54. The van der Waals surface area contributed by atoms with Gasteiger partial charge in [-0.1, -0.05) is 18.2 Å². The van der Waals surface area contributed by atoms with Crippen LogP contribution in [0.15, 0.2) is 46.0 Å². The molecule has 8 nitrogen and oxygen atoms in total.